The Morgan fingerprint density at radius 3 is 1.73 bits per heavy atom. The predicted octanol–water partition coefficient (Wildman–Crippen LogP) is 16.0. The van der Waals surface area contributed by atoms with Crippen LogP contribution >= 0.6 is 0 Å². The van der Waals surface area contributed by atoms with Gasteiger partial charge in [0.1, 0.15) is 11.2 Å². The topological polar surface area (TPSA) is 51.8 Å². The summed E-state index contributed by atoms with van der Waals surface area (Å²) >= 11 is 0. The van der Waals surface area contributed by atoms with E-state index in [2.05, 4.69) is 184 Å². The van der Waals surface area contributed by atoms with Crippen molar-refractivity contribution in [2.24, 2.45) is 0 Å². The first-order valence-corrected chi connectivity index (χ1v) is 22.2. The molecule has 13 rings (SSSR count). The minimum atomic E-state index is -0.0540. The van der Waals surface area contributed by atoms with Gasteiger partial charge in [0, 0.05) is 32.9 Å². The Hall–Kier alpha value is -7.95. The third-order valence-electron chi connectivity index (χ3n) is 13.8. The van der Waals surface area contributed by atoms with E-state index < -0.39 is 0 Å². The Morgan fingerprint density at radius 1 is 0.422 bits per heavy atom. The van der Waals surface area contributed by atoms with E-state index in [1.165, 1.54) is 65.7 Å². The molecule has 0 atom stereocenters. The second-order valence-electron chi connectivity index (χ2n) is 17.8. The van der Waals surface area contributed by atoms with E-state index in [1.807, 2.05) is 18.2 Å². The van der Waals surface area contributed by atoms with Gasteiger partial charge in [-0.1, -0.05) is 171 Å². The average Bonchev–Trinajstić information content (AvgIpc) is 3.84. The highest BCUT2D eigenvalue weighted by atomic mass is 16.3. The SMILES string of the molecule is CC1(C)C2=C(C=CCC2)c2c(-c3nc(-c4ccccc4)nc(-c4ccc5c(c4)oc4ccc(-c6cccc(-c7ccc8c9ccccc9c9ccccc9c8c7)c6)cc45)n3)cccc21. The predicted molar refractivity (Wildman–Crippen MR) is 265 cm³/mol. The van der Waals surface area contributed by atoms with Crippen LogP contribution < -0.4 is 0 Å². The molecule has 9 aromatic carbocycles. The van der Waals surface area contributed by atoms with E-state index in [0.717, 1.165) is 62.6 Å². The quantitative estimate of drug-likeness (QED) is 0.162. The van der Waals surface area contributed by atoms with Crippen LogP contribution in [0.15, 0.2) is 198 Å². The van der Waals surface area contributed by atoms with Crippen molar-refractivity contribution in [2.45, 2.75) is 32.1 Å². The lowest BCUT2D eigenvalue weighted by molar-refractivity contribution is 0.607. The van der Waals surface area contributed by atoms with Crippen LogP contribution in [0, 0.1) is 0 Å². The molecule has 2 aromatic heterocycles. The Kier molecular flexibility index (Phi) is 8.04. The number of furan rings is 1. The Bertz CT molecular complexity index is 3780. The Labute approximate surface area is 370 Å². The Balaban J connectivity index is 0.893. The van der Waals surface area contributed by atoms with E-state index >= 15 is 0 Å². The van der Waals surface area contributed by atoms with Gasteiger partial charge in [-0.15, -0.1) is 0 Å². The largest absolute Gasteiger partial charge is 0.456 e. The molecule has 0 radical (unpaired) electrons. The summed E-state index contributed by atoms with van der Waals surface area (Å²) in [5.41, 5.74) is 14.5. The number of aromatic nitrogens is 3. The zero-order chi connectivity index (χ0) is 42.5. The standard InChI is InChI=1S/C60H41N3O/c1-60(2)52-24-11-10-22-48(52)56-49(23-13-25-53(56)60)59-62-57(36-14-4-3-5-15-36)61-58(63-59)41-27-30-47-51-34-40(28-31-54(51)64-55(47)35-41)38-17-12-16-37(32-38)39-26-29-46-44-20-7-6-18-42(44)43-19-8-9-21-45(43)50(46)33-39/h3-10,12-23,25-35H,11,24H2,1-2H3. The van der Waals surface area contributed by atoms with Crippen LogP contribution in [0.1, 0.15) is 37.8 Å². The molecule has 4 nitrogen and oxygen atoms in total. The number of rotatable bonds is 5. The maximum atomic E-state index is 6.59. The second-order valence-corrected chi connectivity index (χ2v) is 17.8. The summed E-state index contributed by atoms with van der Waals surface area (Å²) in [5, 5.41) is 9.81. The summed E-state index contributed by atoms with van der Waals surface area (Å²) in [7, 11) is 0. The maximum absolute atomic E-state index is 6.59. The average molecular weight is 820 g/mol. The molecule has 302 valence electrons. The van der Waals surface area contributed by atoms with Gasteiger partial charge >= 0.3 is 0 Å². The van der Waals surface area contributed by atoms with Crippen molar-refractivity contribution < 1.29 is 4.42 Å². The molecule has 64 heavy (non-hydrogen) atoms. The maximum Gasteiger partial charge on any atom is 0.164 e. The number of hydrogen-bond donors (Lipinski definition) is 0. The van der Waals surface area contributed by atoms with Crippen LogP contribution in [-0.4, -0.2) is 15.0 Å². The van der Waals surface area contributed by atoms with Gasteiger partial charge in [-0.2, -0.15) is 0 Å². The van der Waals surface area contributed by atoms with E-state index in [-0.39, 0.29) is 5.41 Å². The fourth-order valence-electron chi connectivity index (χ4n) is 10.7. The number of fused-ring (bicyclic) bond motifs is 11. The number of allylic oxidation sites excluding steroid dienone is 4. The minimum Gasteiger partial charge on any atom is -0.456 e. The molecule has 0 fully saturated rings. The third kappa shape index (κ3) is 5.65. The summed E-state index contributed by atoms with van der Waals surface area (Å²) < 4.78 is 6.59. The van der Waals surface area contributed by atoms with Gasteiger partial charge in [-0.3, -0.25) is 0 Å². The summed E-state index contributed by atoms with van der Waals surface area (Å²) in [6.07, 6.45) is 6.74. The van der Waals surface area contributed by atoms with Crippen molar-refractivity contribution in [3.05, 3.63) is 205 Å². The molecule has 0 spiro atoms. The number of benzene rings is 9. The van der Waals surface area contributed by atoms with Gasteiger partial charge in [0.2, 0.25) is 0 Å². The van der Waals surface area contributed by atoms with Crippen LogP contribution in [-0.2, 0) is 5.41 Å². The third-order valence-corrected chi connectivity index (χ3v) is 13.8. The van der Waals surface area contributed by atoms with Crippen molar-refractivity contribution in [3.63, 3.8) is 0 Å². The molecular formula is C60H41N3O. The fraction of sp³-hybridized carbons (Fsp3) is 0.0833. The monoisotopic (exact) mass is 819 g/mol. The summed E-state index contributed by atoms with van der Waals surface area (Å²) in [6, 6.07) is 63.0. The van der Waals surface area contributed by atoms with Crippen molar-refractivity contribution in [1.82, 2.24) is 15.0 Å². The van der Waals surface area contributed by atoms with Gasteiger partial charge in [-0.25, -0.2) is 15.0 Å². The highest BCUT2D eigenvalue weighted by Crippen LogP contribution is 2.52. The smallest absolute Gasteiger partial charge is 0.164 e. The second kappa shape index (κ2) is 14.0. The number of hydrogen-bond acceptors (Lipinski definition) is 4. The summed E-state index contributed by atoms with van der Waals surface area (Å²) in [5.74, 6) is 1.93. The molecule has 0 saturated carbocycles. The lowest BCUT2D eigenvalue weighted by Gasteiger charge is -2.25. The summed E-state index contributed by atoms with van der Waals surface area (Å²) in [4.78, 5) is 15.5. The van der Waals surface area contributed by atoms with Crippen LogP contribution in [0.3, 0.4) is 0 Å². The molecule has 2 aliphatic carbocycles. The first-order valence-electron chi connectivity index (χ1n) is 22.2. The van der Waals surface area contributed by atoms with Crippen LogP contribution in [0.5, 0.6) is 0 Å². The first kappa shape index (κ1) is 36.7. The van der Waals surface area contributed by atoms with Crippen molar-refractivity contribution >= 4 is 59.8 Å². The van der Waals surface area contributed by atoms with Crippen LogP contribution in [0.2, 0.25) is 0 Å². The normalized spacial score (nSPS) is 14.3. The minimum absolute atomic E-state index is 0.0540. The highest BCUT2D eigenvalue weighted by Gasteiger charge is 2.39. The zero-order valence-electron chi connectivity index (χ0n) is 35.6. The van der Waals surface area contributed by atoms with Crippen LogP contribution in [0.25, 0.3) is 116 Å². The van der Waals surface area contributed by atoms with Crippen molar-refractivity contribution in [3.8, 4) is 56.4 Å². The van der Waals surface area contributed by atoms with E-state index in [0.29, 0.717) is 17.5 Å². The van der Waals surface area contributed by atoms with Crippen molar-refractivity contribution in [2.75, 3.05) is 0 Å². The molecule has 0 amide bonds. The van der Waals surface area contributed by atoms with E-state index in [1.54, 1.807) is 0 Å². The van der Waals surface area contributed by atoms with Gasteiger partial charge in [0.05, 0.1) is 0 Å². The molecule has 2 aliphatic rings. The fourth-order valence-corrected chi connectivity index (χ4v) is 10.7. The van der Waals surface area contributed by atoms with E-state index in [4.69, 9.17) is 19.4 Å². The van der Waals surface area contributed by atoms with Gasteiger partial charge < -0.3 is 4.42 Å². The summed E-state index contributed by atoms with van der Waals surface area (Å²) in [6.45, 7) is 4.70. The zero-order valence-corrected chi connectivity index (χ0v) is 35.6. The van der Waals surface area contributed by atoms with Crippen LogP contribution in [0.4, 0.5) is 0 Å². The van der Waals surface area contributed by atoms with Crippen molar-refractivity contribution in [1.29, 1.82) is 0 Å². The highest BCUT2D eigenvalue weighted by molar-refractivity contribution is 6.25. The molecule has 11 aromatic rings. The van der Waals surface area contributed by atoms with Gasteiger partial charge in [-0.05, 0) is 121 Å². The number of nitrogens with zero attached hydrogens (tertiary/aromatic N) is 3. The molecule has 2 heterocycles. The molecule has 4 heteroatoms. The molecule has 0 unspecified atom stereocenters. The first-order chi connectivity index (χ1) is 31.5. The lowest BCUT2D eigenvalue weighted by Crippen LogP contribution is -2.17. The van der Waals surface area contributed by atoms with E-state index in [9.17, 15) is 0 Å². The van der Waals surface area contributed by atoms with Gasteiger partial charge in [0.25, 0.3) is 0 Å². The van der Waals surface area contributed by atoms with Gasteiger partial charge in [0.15, 0.2) is 17.5 Å². The molecule has 0 aliphatic heterocycles. The molecule has 0 bridgehead atoms. The molecule has 0 saturated heterocycles. The molecular weight excluding hydrogens is 779 g/mol. The molecule has 0 N–H and O–H groups in total. The Morgan fingerprint density at radius 2 is 0.984 bits per heavy atom. The lowest BCUT2D eigenvalue weighted by atomic mass is 9.78.